The van der Waals surface area contributed by atoms with Gasteiger partial charge in [0.1, 0.15) is 5.82 Å². The monoisotopic (exact) mass is 386 g/mol. The van der Waals surface area contributed by atoms with E-state index in [2.05, 4.69) is 67.9 Å². The maximum absolute atomic E-state index is 5.89. The SMILES string of the molecule is Nc1cc2c(ccc3c4ccc5[nH]c(I)cc5c4[nH]c23)[nH]1. The van der Waals surface area contributed by atoms with Crippen LogP contribution in [0.25, 0.3) is 43.6 Å². The number of hydrogen-bond donors (Lipinski definition) is 4. The van der Waals surface area contributed by atoms with E-state index in [0.29, 0.717) is 5.82 Å². The normalized spacial score (nSPS) is 12.2. The van der Waals surface area contributed by atoms with Crippen LogP contribution in [0.5, 0.6) is 0 Å². The predicted octanol–water partition coefficient (Wildman–Crippen LogP) is 4.47. The Morgan fingerprint density at radius 2 is 1.33 bits per heavy atom. The van der Waals surface area contributed by atoms with Crippen LogP contribution in [0.15, 0.2) is 36.4 Å². The minimum absolute atomic E-state index is 0.692. The number of anilines is 1. The number of fused-ring (bicyclic) bond motifs is 7. The third-order valence-corrected chi connectivity index (χ3v) is 4.72. The zero-order valence-corrected chi connectivity index (χ0v) is 13.1. The summed E-state index contributed by atoms with van der Waals surface area (Å²) >= 11 is 2.31. The maximum atomic E-state index is 5.89. The molecule has 3 aromatic heterocycles. The van der Waals surface area contributed by atoms with E-state index < -0.39 is 0 Å². The lowest BCUT2D eigenvalue weighted by Crippen LogP contribution is -1.80. The van der Waals surface area contributed by atoms with Crippen LogP contribution < -0.4 is 5.73 Å². The van der Waals surface area contributed by atoms with Gasteiger partial charge in [0.15, 0.2) is 0 Å². The predicted molar refractivity (Wildman–Crippen MR) is 96.6 cm³/mol. The Morgan fingerprint density at radius 1 is 0.714 bits per heavy atom. The molecule has 0 aliphatic rings. The van der Waals surface area contributed by atoms with Crippen LogP contribution in [0.1, 0.15) is 0 Å². The van der Waals surface area contributed by atoms with E-state index in [1.165, 1.54) is 21.7 Å². The summed E-state index contributed by atoms with van der Waals surface area (Å²) in [5.74, 6) is 0.692. The molecule has 0 saturated carbocycles. The van der Waals surface area contributed by atoms with Crippen LogP contribution in [0.2, 0.25) is 0 Å². The molecule has 21 heavy (non-hydrogen) atoms. The number of nitrogen functional groups attached to an aromatic ring is 1. The Balaban J connectivity index is 2.07. The first-order valence-corrected chi connectivity index (χ1v) is 7.78. The highest BCUT2D eigenvalue weighted by molar-refractivity contribution is 14.1. The molecule has 3 heterocycles. The van der Waals surface area contributed by atoms with Crippen molar-refractivity contribution in [2.24, 2.45) is 0 Å². The molecule has 5 N–H and O–H groups in total. The highest BCUT2D eigenvalue weighted by atomic mass is 127. The molecule has 0 radical (unpaired) electrons. The molecule has 0 unspecified atom stereocenters. The molecule has 0 bridgehead atoms. The van der Waals surface area contributed by atoms with Gasteiger partial charge >= 0.3 is 0 Å². The van der Waals surface area contributed by atoms with Gasteiger partial charge in [0.2, 0.25) is 0 Å². The third kappa shape index (κ3) is 1.44. The molecule has 5 rings (SSSR count). The fraction of sp³-hybridized carbons (Fsp3) is 0. The zero-order valence-electron chi connectivity index (χ0n) is 10.9. The molecule has 2 aromatic carbocycles. The van der Waals surface area contributed by atoms with Gasteiger partial charge in [-0.3, -0.25) is 0 Å². The van der Waals surface area contributed by atoms with E-state index in [1.807, 2.05) is 6.07 Å². The number of rotatable bonds is 0. The summed E-state index contributed by atoms with van der Waals surface area (Å²) in [5.41, 5.74) is 10.4. The van der Waals surface area contributed by atoms with Gasteiger partial charge in [0, 0.05) is 32.6 Å². The molecule has 0 aliphatic carbocycles. The van der Waals surface area contributed by atoms with E-state index in [0.717, 1.165) is 25.6 Å². The summed E-state index contributed by atoms with van der Waals surface area (Å²) in [6.45, 7) is 0. The molecule has 5 aromatic rings. The van der Waals surface area contributed by atoms with Gasteiger partial charge in [0.05, 0.1) is 14.7 Å². The summed E-state index contributed by atoms with van der Waals surface area (Å²) in [7, 11) is 0. The highest BCUT2D eigenvalue weighted by Crippen LogP contribution is 2.35. The molecular formula is C16H11IN4. The maximum Gasteiger partial charge on any atom is 0.101 e. The standard InChI is InChI=1S/C16H11IN4/c17-13-5-9-11(19-13)3-1-7-8-2-4-12-10(6-14(18)20-12)16(8)21-15(7)9/h1-6,19-21H,18H2. The van der Waals surface area contributed by atoms with Crippen molar-refractivity contribution in [2.45, 2.75) is 0 Å². The molecule has 4 nitrogen and oxygen atoms in total. The Morgan fingerprint density at radius 3 is 2.05 bits per heavy atom. The first-order chi connectivity index (χ1) is 10.2. The second-order valence-electron chi connectivity index (χ2n) is 5.37. The molecule has 0 atom stereocenters. The fourth-order valence-electron chi connectivity index (χ4n) is 3.24. The number of nitrogens with one attached hydrogen (secondary N) is 3. The molecule has 102 valence electrons. The lowest BCUT2D eigenvalue weighted by atomic mass is 10.1. The summed E-state index contributed by atoms with van der Waals surface area (Å²) in [6, 6.07) is 12.7. The van der Waals surface area contributed by atoms with Gasteiger partial charge in [-0.25, -0.2) is 0 Å². The van der Waals surface area contributed by atoms with Crippen molar-refractivity contribution >= 4 is 72.0 Å². The first kappa shape index (κ1) is 11.5. The number of aromatic nitrogens is 3. The topological polar surface area (TPSA) is 73.4 Å². The first-order valence-electron chi connectivity index (χ1n) is 6.70. The molecule has 0 spiro atoms. The van der Waals surface area contributed by atoms with Gasteiger partial charge in [-0.1, -0.05) is 12.1 Å². The van der Waals surface area contributed by atoms with Crippen molar-refractivity contribution in [3.05, 3.63) is 40.1 Å². The van der Waals surface area contributed by atoms with Crippen LogP contribution in [0.4, 0.5) is 5.82 Å². The summed E-state index contributed by atoms with van der Waals surface area (Å²) in [5, 5.41) is 4.84. The highest BCUT2D eigenvalue weighted by Gasteiger charge is 2.12. The number of nitrogens with two attached hydrogens (primary N) is 1. The molecule has 0 aliphatic heterocycles. The summed E-state index contributed by atoms with van der Waals surface area (Å²) in [4.78, 5) is 10.2. The van der Waals surface area contributed by atoms with Crippen LogP contribution >= 0.6 is 22.6 Å². The Hall–Kier alpha value is -2.15. The average Bonchev–Trinajstić information content (AvgIpc) is 3.09. The van der Waals surface area contributed by atoms with Gasteiger partial charge in [-0.2, -0.15) is 0 Å². The number of halogens is 1. The lowest BCUT2D eigenvalue weighted by Gasteiger charge is -1.93. The van der Waals surface area contributed by atoms with Gasteiger partial charge in [-0.05, 0) is 46.9 Å². The third-order valence-electron chi connectivity index (χ3n) is 4.14. The molecular weight excluding hydrogens is 375 g/mol. The van der Waals surface area contributed by atoms with Crippen molar-refractivity contribution in [3.8, 4) is 0 Å². The second-order valence-corrected chi connectivity index (χ2v) is 6.53. The van der Waals surface area contributed by atoms with Gasteiger partial charge in [-0.15, -0.1) is 0 Å². The second kappa shape index (κ2) is 3.73. The van der Waals surface area contributed by atoms with Crippen LogP contribution in [-0.4, -0.2) is 15.0 Å². The molecule has 0 fully saturated rings. The van der Waals surface area contributed by atoms with Crippen LogP contribution in [0, 0.1) is 3.70 Å². The van der Waals surface area contributed by atoms with Crippen LogP contribution in [-0.2, 0) is 0 Å². The average molecular weight is 386 g/mol. The number of H-pyrrole nitrogens is 3. The molecule has 5 heteroatoms. The van der Waals surface area contributed by atoms with Crippen LogP contribution in [0.3, 0.4) is 0 Å². The van der Waals surface area contributed by atoms with E-state index in [1.54, 1.807) is 0 Å². The Kier molecular flexibility index (Phi) is 2.04. The number of hydrogen-bond acceptors (Lipinski definition) is 1. The molecule has 0 amide bonds. The smallest absolute Gasteiger partial charge is 0.101 e. The van der Waals surface area contributed by atoms with Crippen molar-refractivity contribution in [2.75, 3.05) is 5.73 Å². The summed E-state index contributed by atoms with van der Waals surface area (Å²) < 4.78 is 1.14. The van der Waals surface area contributed by atoms with Crippen molar-refractivity contribution in [1.29, 1.82) is 0 Å². The quantitative estimate of drug-likeness (QED) is 0.291. The molecule has 0 saturated heterocycles. The van der Waals surface area contributed by atoms with Crippen molar-refractivity contribution in [1.82, 2.24) is 15.0 Å². The van der Waals surface area contributed by atoms with Crippen molar-refractivity contribution < 1.29 is 0 Å². The van der Waals surface area contributed by atoms with Crippen molar-refractivity contribution in [3.63, 3.8) is 0 Å². The van der Waals surface area contributed by atoms with E-state index >= 15 is 0 Å². The number of benzene rings is 2. The van der Waals surface area contributed by atoms with E-state index in [-0.39, 0.29) is 0 Å². The van der Waals surface area contributed by atoms with E-state index in [4.69, 9.17) is 5.73 Å². The van der Waals surface area contributed by atoms with Gasteiger partial charge in [0.25, 0.3) is 0 Å². The summed E-state index contributed by atoms with van der Waals surface area (Å²) in [6.07, 6.45) is 0. The fourth-order valence-corrected chi connectivity index (χ4v) is 3.84. The minimum Gasteiger partial charge on any atom is -0.385 e. The van der Waals surface area contributed by atoms with E-state index in [9.17, 15) is 0 Å². The lowest BCUT2D eigenvalue weighted by molar-refractivity contribution is 1.41. The Bertz CT molecular complexity index is 1070. The minimum atomic E-state index is 0.692. The Labute approximate surface area is 132 Å². The zero-order chi connectivity index (χ0) is 14.1. The number of aromatic amines is 3. The van der Waals surface area contributed by atoms with Gasteiger partial charge < -0.3 is 20.7 Å². The largest absolute Gasteiger partial charge is 0.385 e.